The van der Waals surface area contributed by atoms with Crippen molar-refractivity contribution in [3.05, 3.63) is 16.4 Å². The van der Waals surface area contributed by atoms with Gasteiger partial charge in [0.15, 0.2) is 0 Å². The Balaban J connectivity index is 0.000000191. The second-order valence-electron chi connectivity index (χ2n) is 5.74. The molecule has 1 aromatic heterocycles. The molecule has 25 heavy (non-hydrogen) atoms. The van der Waals surface area contributed by atoms with E-state index >= 15 is 0 Å². The molecule has 2 unspecified atom stereocenters. The molecule has 1 aromatic rings. The number of amides is 4. The third-order valence-corrected chi connectivity index (χ3v) is 4.16. The van der Waals surface area contributed by atoms with Gasteiger partial charge < -0.3 is 9.73 Å². The standard InChI is InChI=1S/C5H10N2O2S.C4H6N2O2.C3H4N2O2/c1-5(2)4(8)6-10(3,9)7-5;1-2-3(7)6-4(8)5-2;1-2-4-5-3(6)7-2/h1-3H3,(H,6,7,8,9);2H,1H3,(H2,5,6,7,8);1H3,(H,5,6). The maximum Gasteiger partial charge on any atom is 0.434 e. The zero-order valence-corrected chi connectivity index (χ0v) is 15.1. The minimum atomic E-state index is -2.43. The lowest BCUT2D eigenvalue weighted by atomic mass is 10.1. The zero-order valence-electron chi connectivity index (χ0n) is 14.3. The van der Waals surface area contributed by atoms with Crippen LogP contribution in [0.4, 0.5) is 4.79 Å². The van der Waals surface area contributed by atoms with E-state index in [-0.39, 0.29) is 17.9 Å². The first kappa shape index (κ1) is 20.5. The largest absolute Gasteiger partial charge is 0.434 e. The van der Waals surface area contributed by atoms with Crippen molar-refractivity contribution in [3.8, 4) is 0 Å². The highest BCUT2D eigenvalue weighted by atomic mass is 32.2. The minimum Gasteiger partial charge on any atom is -0.393 e. The average molecular weight is 376 g/mol. The Kier molecular flexibility index (Phi) is 6.20. The number of carbonyl (C=O) groups is 3. The maximum absolute atomic E-state index is 11.1. The highest BCUT2D eigenvalue weighted by Crippen LogP contribution is 2.14. The molecule has 0 radical (unpaired) electrons. The van der Waals surface area contributed by atoms with Gasteiger partial charge in [-0.15, -0.1) is 9.46 Å². The van der Waals surface area contributed by atoms with Crippen LogP contribution in [0.1, 0.15) is 26.7 Å². The van der Waals surface area contributed by atoms with Crippen LogP contribution in [0.5, 0.6) is 0 Å². The number of aryl methyl sites for hydroxylation is 1. The normalized spacial score (nSPS) is 26.4. The molecular weight excluding hydrogens is 356 g/mol. The number of imide groups is 1. The number of nitrogens with one attached hydrogen (secondary N) is 4. The minimum absolute atomic E-state index is 0.255. The molecule has 3 rings (SSSR count). The predicted molar refractivity (Wildman–Crippen MR) is 86.7 cm³/mol. The summed E-state index contributed by atoms with van der Waals surface area (Å²) < 4.78 is 21.6. The quantitative estimate of drug-likeness (QED) is 0.411. The van der Waals surface area contributed by atoms with Gasteiger partial charge in [-0.2, -0.15) is 0 Å². The first-order valence-electron chi connectivity index (χ1n) is 7.01. The van der Waals surface area contributed by atoms with Crippen molar-refractivity contribution in [1.82, 2.24) is 25.6 Å². The van der Waals surface area contributed by atoms with Crippen molar-refractivity contribution in [1.29, 1.82) is 0 Å². The summed E-state index contributed by atoms with van der Waals surface area (Å²) in [5.41, 5.74) is -0.744. The van der Waals surface area contributed by atoms with Crippen molar-refractivity contribution < 1.29 is 23.0 Å². The summed E-state index contributed by atoms with van der Waals surface area (Å²) in [5.74, 6) is -0.725. The molecule has 2 atom stereocenters. The number of nitrogens with zero attached hydrogens (tertiary/aromatic N) is 2. The highest BCUT2D eigenvalue weighted by molar-refractivity contribution is 7.91. The second kappa shape index (κ2) is 7.57. The van der Waals surface area contributed by atoms with Crippen LogP contribution in [-0.4, -0.2) is 50.1 Å². The zero-order chi connectivity index (χ0) is 19.4. The molecule has 0 saturated carbocycles. The van der Waals surface area contributed by atoms with Gasteiger partial charge in [0.25, 0.3) is 5.91 Å². The summed E-state index contributed by atoms with van der Waals surface area (Å²) >= 11 is 0. The molecule has 13 heteroatoms. The van der Waals surface area contributed by atoms with E-state index in [9.17, 15) is 23.4 Å². The lowest BCUT2D eigenvalue weighted by Gasteiger charge is -2.13. The lowest BCUT2D eigenvalue weighted by Crippen LogP contribution is -2.41. The van der Waals surface area contributed by atoms with Crippen LogP contribution in [0.3, 0.4) is 0 Å². The molecule has 0 aromatic carbocycles. The number of hydrogen-bond acceptors (Lipinski definition) is 7. The topological polar surface area (TPSA) is 176 Å². The summed E-state index contributed by atoms with van der Waals surface area (Å²) in [5, 5.41) is 9.95. The molecule has 4 N–H and O–H groups in total. The Hall–Kier alpha value is -2.54. The molecule has 140 valence electrons. The van der Waals surface area contributed by atoms with Crippen molar-refractivity contribution in [2.45, 2.75) is 39.3 Å². The van der Waals surface area contributed by atoms with Gasteiger partial charge in [0.2, 0.25) is 11.8 Å². The molecule has 2 aliphatic heterocycles. The highest BCUT2D eigenvalue weighted by Gasteiger charge is 2.36. The summed E-state index contributed by atoms with van der Waals surface area (Å²) in [6, 6.07) is -0.759. The van der Waals surface area contributed by atoms with Gasteiger partial charge in [0.1, 0.15) is 21.5 Å². The Bertz CT molecular complexity index is 846. The monoisotopic (exact) mass is 376 g/mol. The van der Waals surface area contributed by atoms with Crippen molar-refractivity contribution in [2.75, 3.05) is 6.26 Å². The predicted octanol–water partition coefficient (Wildman–Crippen LogP) is -1.21. The first-order valence-corrected chi connectivity index (χ1v) is 8.94. The Morgan fingerprint density at radius 3 is 1.92 bits per heavy atom. The Labute approximate surface area is 143 Å². The van der Waals surface area contributed by atoms with E-state index in [0.717, 1.165) is 0 Å². The van der Waals surface area contributed by atoms with Crippen LogP contribution in [0.2, 0.25) is 0 Å². The van der Waals surface area contributed by atoms with Gasteiger partial charge >= 0.3 is 11.8 Å². The van der Waals surface area contributed by atoms with E-state index in [0.29, 0.717) is 5.89 Å². The maximum atomic E-state index is 11.1. The van der Waals surface area contributed by atoms with E-state index in [1.807, 2.05) is 0 Å². The van der Waals surface area contributed by atoms with Crippen molar-refractivity contribution >= 4 is 27.8 Å². The number of H-pyrrole nitrogens is 1. The van der Waals surface area contributed by atoms with E-state index < -0.39 is 27.2 Å². The summed E-state index contributed by atoms with van der Waals surface area (Å²) in [4.78, 5) is 41.5. The fourth-order valence-corrected chi connectivity index (χ4v) is 3.26. The number of aromatic amines is 1. The molecule has 12 nitrogen and oxygen atoms in total. The molecular formula is C12H20N6O6S. The van der Waals surface area contributed by atoms with E-state index in [2.05, 4.69) is 34.3 Å². The number of carbonyl (C=O) groups excluding carboxylic acids is 3. The number of urea groups is 1. The van der Waals surface area contributed by atoms with Crippen molar-refractivity contribution in [3.63, 3.8) is 0 Å². The van der Waals surface area contributed by atoms with Crippen molar-refractivity contribution in [2.24, 2.45) is 4.36 Å². The molecule has 1 saturated heterocycles. The SMILES string of the molecule is CC1(C)NS(C)(=O)=NC1=O.CC1NC(=O)NC1=O.Cc1n[nH]c(=O)o1. The fraction of sp³-hybridized carbons (Fsp3) is 0.583. The molecule has 4 amide bonds. The van der Waals surface area contributed by atoms with Gasteiger partial charge in [-0.05, 0) is 20.8 Å². The third-order valence-electron chi connectivity index (χ3n) is 2.76. The van der Waals surface area contributed by atoms with Crippen LogP contribution in [0, 0.1) is 6.92 Å². The average Bonchev–Trinajstić information content (AvgIpc) is 2.99. The summed E-state index contributed by atoms with van der Waals surface area (Å²) in [6.07, 6.45) is 1.42. The smallest absolute Gasteiger partial charge is 0.393 e. The van der Waals surface area contributed by atoms with Gasteiger partial charge in [-0.25, -0.2) is 23.6 Å². The number of hydrogen-bond donors (Lipinski definition) is 4. The number of aromatic nitrogens is 2. The van der Waals surface area contributed by atoms with Gasteiger partial charge in [-0.3, -0.25) is 14.9 Å². The lowest BCUT2D eigenvalue weighted by molar-refractivity contribution is -0.121. The molecule has 0 spiro atoms. The number of rotatable bonds is 0. The van der Waals surface area contributed by atoms with Crippen LogP contribution in [0.25, 0.3) is 0 Å². The summed E-state index contributed by atoms with van der Waals surface area (Å²) in [6.45, 7) is 6.54. The first-order chi connectivity index (χ1) is 11.3. The van der Waals surface area contributed by atoms with Crippen LogP contribution in [0.15, 0.2) is 13.6 Å². The van der Waals surface area contributed by atoms with Crippen LogP contribution < -0.4 is 21.1 Å². The van der Waals surface area contributed by atoms with Crippen LogP contribution in [-0.2, 0) is 19.5 Å². The molecule has 0 aliphatic carbocycles. The van der Waals surface area contributed by atoms with E-state index in [4.69, 9.17) is 0 Å². The van der Waals surface area contributed by atoms with E-state index in [1.165, 1.54) is 6.26 Å². The summed E-state index contributed by atoms with van der Waals surface area (Å²) in [7, 11) is -2.43. The van der Waals surface area contributed by atoms with E-state index in [1.54, 1.807) is 27.7 Å². The Morgan fingerprint density at radius 1 is 1.20 bits per heavy atom. The van der Waals surface area contributed by atoms with Gasteiger partial charge in [-0.1, -0.05) is 0 Å². The molecule has 2 aliphatic rings. The molecule has 0 bridgehead atoms. The fourth-order valence-electron chi connectivity index (χ4n) is 1.63. The third kappa shape index (κ3) is 6.46. The van der Waals surface area contributed by atoms with Crippen LogP contribution >= 0.6 is 0 Å². The van der Waals surface area contributed by atoms with Gasteiger partial charge in [0, 0.05) is 13.2 Å². The second-order valence-corrected chi connectivity index (χ2v) is 7.73. The Morgan fingerprint density at radius 2 is 1.80 bits per heavy atom. The van der Waals surface area contributed by atoms with Gasteiger partial charge in [0.05, 0.1) is 0 Å². The molecule has 3 heterocycles. The molecule has 1 fully saturated rings.